The van der Waals surface area contributed by atoms with E-state index in [1.54, 1.807) is 32.9 Å². The van der Waals surface area contributed by atoms with Gasteiger partial charge in [0.15, 0.2) is 17.3 Å². The maximum Gasteiger partial charge on any atom is 0.246 e. The Balaban J connectivity index is 1.85. The number of nitrogens with one attached hydrogen (secondary N) is 1. The quantitative estimate of drug-likeness (QED) is 0.918. The van der Waals surface area contributed by atoms with Crippen LogP contribution in [0.4, 0.5) is 0 Å². The maximum atomic E-state index is 12.5. The Hall–Kier alpha value is -2.06. The summed E-state index contributed by atoms with van der Waals surface area (Å²) in [5.41, 5.74) is 1.12. The van der Waals surface area contributed by atoms with E-state index in [0.717, 1.165) is 5.56 Å². The van der Waals surface area contributed by atoms with Crippen molar-refractivity contribution in [2.75, 3.05) is 13.2 Å². The molecule has 7 nitrogen and oxygen atoms in total. The third-order valence-electron chi connectivity index (χ3n) is 3.63. The Bertz CT molecular complexity index is 809. The van der Waals surface area contributed by atoms with Crippen LogP contribution in [0.25, 0.3) is 0 Å². The smallest absolute Gasteiger partial charge is 0.246 e. The molecule has 3 rings (SSSR count). The van der Waals surface area contributed by atoms with Gasteiger partial charge in [-0.15, -0.1) is 0 Å². The van der Waals surface area contributed by atoms with Crippen LogP contribution in [-0.2, 0) is 10.0 Å². The van der Waals surface area contributed by atoms with Crippen molar-refractivity contribution < 1.29 is 22.4 Å². The van der Waals surface area contributed by atoms with Gasteiger partial charge in [-0.2, -0.15) is 0 Å². The summed E-state index contributed by atoms with van der Waals surface area (Å²) in [7, 11) is -3.73. The van der Waals surface area contributed by atoms with Crippen LogP contribution in [-0.4, -0.2) is 26.8 Å². The largest absolute Gasteiger partial charge is 0.486 e. The van der Waals surface area contributed by atoms with E-state index in [9.17, 15) is 8.42 Å². The van der Waals surface area contributed by atoms with Gasteiger partial charge in [0.05, 0.1) is 0 Å². The Kier molecular flexibility index (Phi) is 4.03. The van der Waals surface area contributed by atoms with Crippen molar-refractivity contribution in [3.63, 3.8) is 0 Å². The topological polar surface area (TPSA) is 90.7 Å². The minimum Gasteiger partial charge on any atom is -0.486 e. The number of ether oxygens (including phenoxy) is 2. The number of hydrogen-bond donors (Lipinski definition) is 1. The fourth-order valence-electron chi connectivity index (χ4n) is 2.55. The Labute approximate surface area is 134 Å². The van der Waals surface area contributed by atoms with Crippen LogP contribution >= 0.6 is 0 Å². The summed E-state index contributed by atoms with van der Waals surface area (Å²) in [5, 5.41) is 3.69. The standard InChI is InChI=1S/C15H18N2O5S/c1-9(12-4-5-13-14(8-12)21-7-6-20-13)17-23(18,19)15-10(2)16-22-11(15)3/h4-5,8-9,17H,6-7H2,1-3H3/t9-/m1/s1. The van der Waals surface area contributed by atoms with Crippen molar-refractivity contribution in [3.8, 4) is 11.5 Å². The van der Waals surface area contributed by atoms with Crippen molar-refractivity contribution in [2.24, 2.45) is 0 Å². The first-order chi connectivity index (χ1) is 10.9. The second kappa shape index (κ2) is 5.86. The summed E-state index contributed by atoms with van der Waals surface area (Å²) in [6.07, 6.45) is 0. The molecular formula is C15H18N2O5S. The molecule has 0 fully saturated rings. The third kappa shape index (κ3) is 3.04. The molecule has 0 amide bonds. The summed E-state index contributed by atoms with van der Waals surface area (Å²) in [6.45, 7) is 5.93. The van der Waals surface area contributed by atoms with Crippen molar-refractivity contribution >= 4 is 10.0 Å². The zero-order valence-electron chi connectivity index (χ0n) is 13.1. The first kappa shape index (κ1) is 15.8. The van der Waals surface area contributed by atoms with Crippen molar-refractivity contribution in [3.05, 3.63) is 35.2 Å². The molecule has 0 spiro atoms. The van der Waals surface area contributed by atoms with Gasteiger partial charge in [-0.3, -0.25) is 0 Å². The van der Waals surface area contributed by atoms with Crippen LogP contribution in [0.1, 0.15) is 30.0 Å². The Morgan fingerprint density at radius 1 is 1.17 bits per heavy atom. The van der Waals surface area contributed by atoms with Crippen LogP contribution in [0, 0.1) is 13.8 Å². The lowest BCUT2D eigenvalue weighted by Crippen LogP contribution is -2.27. The second-order valence-corrected chi connectivity index (χ2v) is 7.05. The van der Waals surface area contributed by atoms with Gasteiger partial charge in [0, 0.05) is 6.04 Å². The van der Waals surface area contributed by atoms with Gasteiger partial charge in [0.25, 0.3) is 0 Å². The predicted molar refractivity (Wildman–Crippen MR) is 82.1 cm³/mol. The van der Waals surface area contributed by atoms with E-state index in [1.807, 2.05) is 6.07 Å². The van der Waals surface area contributed by atoms with Gasteiger partial charge in [-0.1, -0.05) is 11.2 Å². The van der Waals surface area contributed by atoms with E-state index in [-0.39, 0.29) is 10.7 Å². The van der Waals surface area contributed by atoms with Crippen LogP contribution in [0.3, 0.4) is 0 Å². The van der Waals surface area contributed by atoms with E-state index in [2.05, 4.69) is 9.88 Å². The van der Waals surface area contributed by atoms with Crippen LogP contribution in [0.5, 0.6) is 11.5 Å². The molecule has 0 aliphatic carbocycles. The average molecular weight is 338 g/mol. The van der Waals surface area contributed by atoms with E-state index in [4.69, 9.17) is 14.0 Å². The molecule has 1 atom stereocenters. The number of nitrogens with zero attached hydrogens (tertiary/aromatic N) is 1. The number of rotatable bonds is 4. The molecule has 1 aliphatic heterocycles. The molecule has 8 heteroatoms. The summed E-state index contributed by atoms with van der Waals surface area (Å²) in [4.78, 5) is 0.0851. The highest BCUT2D eigenvalue weighted by Crippen LogP contribution is 2.33. The molecule has 0 saturated carbocycles. The molecule has 2 heterocycles. The fourth-order valence-corrected chi connectivity index (χ4v) is 4.11. The van der Waals surface area contributed by atoms with Crippen molar-refractivity contribution in [2.45, 2.75) is 31.7 Å². The number of benzene rings is 1. The highest BCUT2D eigenvalue weighted by atomic mass is 32.2. The number of aryl methyl sites for hydroxylation is 2. The monoisotopic (exact) mass is 338 g/mol. The van der Waals surface area contributed by atoms with Crippen LogP contribution < -0.4 is 14.2 Å². The molecule has 23 heavy (non-hydrogen) atoms. The zero-order chi connectivity index (χ0) is 16.6. The number of aromatic nitrogens is 1. The molecule has 1 aromatic heterocycles. The van der Waals surface area contributed by atoms with Gasteiger partial charge in [-0.25, -0.2) is 13.1 Å². The molecule has 1 aromatic carbocycles. The predicted octanol–water partition coefficient (Wildman–Crippen LogP) is 2.10. The molecule has 0 bridgehead atoms. The first-order valence-corrected chi connectivity index (χ1v) is 8.71. The summed E-state index contributed by atoms with van der Waals surface area (Å²) in [5.74, 6) is 1.56. The van der Waals surface area contributed by atoms with Crippen molar-refractivity contribution in [1.29, 1.82) is 0 Å². The highest BCUT2D eigenvalue weighted by Gasteiger charge is 2.26. The molecule has 0 radical (unpaired) electrons. The van der Waals surface area contributed by atoms with Gasteiger partial charge < -0.3 is 14.0 Å². The lowest BCUT2D eigenvalue weighted by Gasteiger charge is -2.21. The van der Waals surface area contributed by atoms with Crippen LogP contribution in [0.15, 0.2) is 27.6 Å². The molecule has 124 valence electrons. The molecule has 2 aromatic rings. The summed E-state index contributed by atoms with van der Waals surface area (Å²) < 4.78 is 43.7. The third-order valence-corrected chi connectivity index (χ3v) is 5.42. The van der Waals surface area contributed by atoms with E-state index >= 15 is 0 Å². The molecular weight excluding hydrogens is 320 g/mol. The Morgan fingerprint density at radius 3 is 2.52 bits per heavy atom. The molecule has 1 aliphatic rings. The van der Waals surface area contributed by atoms with E-state index < -0.39 is 16.1 Å². The van der Waals surface area contributed by atoms with E-state index in [0.29, 0.717) is 30.4 Å². The van der Waals surface area contributed by atoms with Gasteiger partial charge in [-0.05, 0) is 38.5 Å². The van der Waals surface area contributed by atoms with E-state index in [1.165, 1.54) is 0 Å². The lowest BCUT2D eigenvalue weighted by molar-refractivity contribution is 0.171. The molecule has 0 saturated heterocycles. The van der Waals surface area contributed by atoms with Crippen LogP contribution in [0.2, 0.25) is 0 Å². The van der Waals surface area contributed by atoms with Gasteiger partial charge in [0.1, 0.15) is 23.8 Å². The maximum absolute atomic E-state index is 12.5. The van der Waals surface area contributed by atoms with Crippen molar-refractivity contribution in [1.82, 2.24) is 9.88 Å². The lowest BCUT2D eigenvalue weighted by atomic mass is 10.1. The SMILES string of the molecule is Cc1noc(C)c1S(=O)(=O)N[C@H](C)c1ccc2c(c1)OCCO2. The minimum absolute atomic E-state index is 0.0851. The minimum atomic E-state index is -3.73. The highest BCUT2D eigenvalue weighted by molar-refractivity contribution is 7.89. The normalized spacial score (nSPS) is 15.4. The molecule has 1 N–H and O–H groups in total. The average Bonchev–Trinajstić information content (AvgIpc) is 2.86. The van der Waals surface area contributed by atoms with Gasteiger partial charge in [0.2, 0.25) is 10.0 Å². The second-order valence-electron chi connectivity index (χ2n) is 5.40. The number of hydrogen-bond acceptors (Lipinski definition) is 6. The first-order valence-electron chi connectivity index (χ1n) is 7.23. The summed E-state index contributed by atoms with van der Waals surface area (Å²) >= 11 is 0. The van der Waals surface area contributed by atoms with Gasteiger partial charge >= 0.3 is 0 Å². The zero-order valence-corrected chi connectivity index (χ0v) is 13.9. The Morgan fingerprint density at radius 2 is 1.87 bits per heavy atom. The molecule has 0 unspecified atom stereocenters. The summed E-state index contributed by atoms with van der Waals surface area (Å²) in [6, 6.07) is 4.94. The fraction of sp³-hybridized carbons (Fsp3) is 0.400. The number of fused-ring (bicyclic) bond motifs is 1. The number of sulfonamides is 1.